The largest absolute Gasteiger partial charge is 0.478 e. The van der Waals surface area contributed by atoms with Crippen molar-refractivity contribution < 1.29 is 41.0 Å². The van der Waals surface area contributed by atoms with Gasteiger partial charge in [-0.2, -0.15) is 15.0 Å². The first-order valence-electron chi connectivity index (χ1n) is 22.6. The van der Waals surface area contributed by atoms with E-state index in [1.54, 1.807) is 45.9 Å². The topological polar surface area (TPSA) is 273 Å². The first kappa shape index (κ1) is 52.9. The third-order valence-corrected chi connectivity index (χ3v) is 13.5. The van der Waals surface area contributed by atoms with Gasteiger partial charge in [-0.15, -0.1) is 5.10 Å². The quantitative estimate of drug-likeness (QED) is 0.0393. The molecule has 7 rings (SSSR count). The van der Waals surface area contributed by atoms with Gasteiger partial charge < -0.3 is 50.7 Å². The number of sulfonamides is 1. The summed E-state index contributed by atoms with van der Waals surface area (Å²) in [5.41, 5.74) is 5.91. The fraction of sp³-hybridized carbons (Fsp3) is 0.391. The molecule has 1 fully saturated rings. The molecule has 6 aromatic rings. The molecule has 1 aliphatic heterocycles. The molecule has 0 aliphatic carbocycles. The van der Waals surface area contributed by atoms with Gasteiger partial charge >= 0.3 is 0 Å². The lowest BCUT2D eigenvalue weighted by molar-refractivity contribution is -0.117. The Balaban J connectivity index is 0.860. The highest BCUT2D eigenvalue weighted by molar-refractivity contribution is 9.10. The summed E-state index contributed by atoms with van der Waals surface area (Å²) in [5.74, 6) is -0.928. The Hall–Kier alpha value is -6.87. The number of fused-ring (bicyclic) bond motifs is 1. The van der Waals surface area contributed by atoms with E-state index in [1.807, 2.05) is 27.7 Å². The van der Waals surface area contributed by atoms with Crippen molar-refractivity contribution in [2.24, 2.45) is 12.8 Å². The summed E-state index contributed by atoms with van der Waals surface area (Å²) in [6.07, 6.45) is 5.50. The number of alkyl halides is 1. The number of benzene rings is 2. The molecule has 2 amide bonds. The van der Waals surface area contributed by atoms with Crippen LogP contribution in [-0.2, 0) is 37.9 Å². The van der Waals surface area contributed by atoms with Crippen LogP contribution in [0.5, 0.6) is 5.88 Å². The minimum Gasteiger partial charge on any atom is -0.478 e. The van der Waals surface area contributed by atoms with Crippen molar-refractivity contribution in [3.63, 3.8) is 0 Å². The monoisotopic (exact) mass is 1080 g/mol. The van der Waals surface area contributed by atoms with Crippen molar-refractivity contribution in [1.82, 2.24) is 49.3 Å². The van der Waals surface area contributed by atoms with Gasteiger partial charge in [0.2, 0.25) is 27.8 Å². The van der Waals surface area contributed by atoms with Crippen LogP contribution in [0.1, 0.15) is 50.9 Å². The Morgan fingerprint density at radius 1 is 0.958 bits per heavy atom. The molecule has 384 valence electrons. The van der Waals surface area contributed by atoms with Gasteiger partial charge in [-0.05, 0) is 98.9 Å². The fourth-order valence-electron chi connectivity index (χ4n) is 7.48. The highest BCUT2D eigenvalue weighted by atomic mass is 79.9. The second kappa shape index (κ2) is 22.3. The lowest BCUT2D eigenvalue weighted by Gasteiger charge is -2.30. The van der Waals surface area contributed by atoms with Crippen LogP contribution in [0.15, 0.2) is 83.2 Å². The molecule has 0 saturated carbocycles. The zero-order chi connectivity index (χ0) is 52.0. The number of amides is 2. The third-order valence-electron chi connectivity index (χ3n) is 11.5. The average molecular weight is 1080 g/mol. The molecule has 0 spiro atoms. The van der Waals surface area contributed by atoms with E-state index in [-0.39, 0.29) is 53.5 Å². The Morgan fingerprint density at radius 3 is 2.40 bits per heavy atom. The number of aromatic nitrogens is 8. The van der Waals surface area contributed by atoms with Crippen LogP contribution in [0.4, 0.5) is 49.4 Å². The predicted molar refractivity (Wildman–Crippen MR) is 270 cm³/mol. The third kappa shape index (κ3) is 13.2. The summed E-state index contributed by atoms with van der Waals surface area (Å²) in [7, 11) is -0.583. The van der Waals surface area contributed by atoms with Crippen LogP contribution in [0.3, 0.4) is 0 Å². The van der Waals surface area contributed by atoms with Gasteiger partial charge in [0.15, 0.2) is 17.0 Å². The van der Waals surface area contributed by atoms with Crippen LogP contribution in [-0.4, -0.2) is 123 Å². The van der Waals surface area contributed by atoms with E-state index in [1.165, 1.54) is 37.6 Å². The summed E-state index contributed by atoms with van der Waals surface area (Å²) < 4.78 is 80.3. The number of methoxy groups -OCH3 is 1. The van der Waals surface area contributed by atoms with Crippen molar-refractivity contribution >= 4 is 89.5 Å². The van der Waals surface area contributed by atoms with E-state index in [0.29, 0.717) is 71.3 Å². The first-order chi connectivity index (χ1) is 34.1. The average Bonchev–Trinajstić information content (AvgIpc) is 4.02. The smallest absolute Gasteiger partial charge is 0.256 e. The van der Waals surface area contributed by atoms with E-state index < -0.39 is 51.1 Å². The number of nitrogens with one attached hydrogen (secondary N) is 5. The fourth-order valence-corrected chi connectivity index (χ4v) is 8.80. The van der Waals surface area contributed by atoms with Crippen molar-refractivity contribution in [3.8, 4) is 5.88 Å². The zero-order valence-corrected chi connectivity index (χ0v) is 42.8. The van der Waals surface area contributed by atoms with E-state index in [0.717, 1.165) is 12.1 Å². The Bertz CT molecular complexity index is 3050. The minimum atomic E-state index is -3.87. The second-order valence-corrected chi connectivity index (χ2v) is 20.5. The van der Waals surface area contributed by atoms with E-state index >= 15 is 0 Å². The molecule has 4 aromatic heterocycles. The number of hydrogen-bond donors (Lipinski definition) is 6. The standard InChI is InChI=1S/C46H56BrF2N15O7S/c1-8-35(65)55-33-24-63(23-31(33)49)44-59-40(37-41(60-44)62(6)26-52-37)57-34-25-64(61-42(34)69-7)19-21-71-46(4,5)17-20-70-45(2,3)16-18-53-72(67,68)28-14-12-27(13-15-28)54-43-51-22-29(47)39(58-43)56-32-11-9-10-30(48)36(32)38(50)66/h8-15,22,25-26,31,33,53H,1,16-21,23-24H2,2-7H3,(H2,50,66)(H,55,65)(H,57,59,60)(H2,51,54,56,58)/t31?,33-/m1/s1. The van der Waals surface area contributed by atoms with Crippen molar-refractivity contribution in [3.05, 3.63) is 89.7 Å². The number of carbonyl (C=O) groups is 2. The lowest BCUT2D eigenvalue weighted by atomic mass is 10.0. The number of aryl methyl sites for hydroxylation is 1. The Morgan fingerprint density at radius 2 is 1.68 bits per heavy atom. The molecule has 5 heterocycles. The predicted octanol–water partition coefficient (Wildman–Crippen LogP) is 5.77. The molecule has 2 atom stereocenters. The molecule has 1 saturated heterocycles. The number of halogens is 3. The summed E-state index contributed by atoms with van der Waals surface area (Å²) in [6, 6.07) is 9.28. The SMILES string of the molecule is C=CC(=O)N[C@@H]1CN(c2nc(Nc3cn(CCOC(C)(C)CCOC(C)(C)CCNS(=O)(=O)c4ccc(Nc5ncc(Br)c(Nc6cccc(F)c6C(N)=O)n5)cc4)nc3OC)c3ncn(C)c3n2)CC1F. The number of imidazole rings is 1. The van der Waals surface area contributed by atoms with E-state index in [4.69, 9.17) is 24.9 Å². The van der Waals surface area contributed by atoms with Crippen molar-refractivity contribution in [2.75, 3.05) is 60.8 Å². The van der Waals surface area contributed by atoms with Crippen LogP contribution in [0.25, 0.3) is 11.2 Å². The van der Waals surface area contributed by atoms with Gasteiger partial charge in [-0.1, -0.05) is 12.6 Å². The molecule has 2 aromatic carbocycles. The second-order valence-electron chi connectivity index (χ2n) is 17.9. The maximum Gasteiger partial charge on any atom is 0.256 e. The number of anilines is 7. The first-order valence-corrected chi connectivity index (χ1v) is 24.8. The molecule has 22 nitrogen and oxygen atoms in total. The van der Waals surface area contributed by atoms with Crippen LogP contribution in [0.2, 0.25) is 0 Å². The highest BCUT2D eigenvalue weighted by Gasteiger charge is 2.36. The maximum atomic E-state index is 15.0. The molecule has 26 heteroatoms. The number of nitrogens with zero attached hydrogens (tertiary/aromatic N) is 9. The van der Waals surface area contributed by atoms with Crippen LogP contribution in [0, 0.1) is 5.82 Å². The number of carbonyl (C=O) groups excluding carboxylic acids is 2. The van der Waals surface area contributed by atoms with Gasteiger partial charge in [-0.25, -0.2) is 31.9 Å². The van der Waals surface area contributed by atoms with Crippen molar-refractivity contribution in [2.45, 2.75) is 75.4 Å². The van der Waals surface area contributed by atoms with E-state index in [9.17, 15) is 26.8 Å². The molecular weight excluding hydrogens is 1020 g/mol. The van der Waals surface area contributed by atoms with Gasteiger partial charge in [0, 0.05) is 32.0 Å². The number of rotatable bonds is 24. The van der Waals surface area contributed by atoms with Gasteiger partial charge in [-0.3, -0.25) is 14.3 Å². The number of hydrogen-bond acceptors (Lipinski definition) is 17. The normalized spacial score (nSPS) is 15.2. The Kier molecular flexibility index (Phi) is 16.4. The summed E-state index contributed by atoms with van der Waals surface area (Å²) in [5, 5.41) is 16.4. The Labute approximate surface area is 422 Å². The maximum absolute atomic E-state index is 15.0. The van der Waals surface area contributed by atoms with Gasteiger partial charge in [0.1, 0.15) is 23.5 Å². The van der Waals surface area contributed by atoms with Crippen LogP contribution >= 0.6 is 15.9 Å². The number of primary amides is 1. The molecular formula is C46H56BrF2N15O7S. The minimum absolute atomic E-state index is 0.0175. The molecule has 0 bridgehead atoms. The lowest BCUT2D eigenvalue weighted by Crippen LogP contribution is -2.40. The number of nitrogens with two attached hydrogens (primary N) is 1. The zero-order valence-electron chi connectivity index (χ0n) is 40.4. The van der Waals surface area contributed by atoms with Crippen LogP contribution < -0.4 is 41.4 Å². The van der Waals surface area contributed by atoms with Crippen molar-refractivity contribution in [1.29, 1.82) is 0 Å². The molecule has 1 unspecified atom stereocenters. The summed E-state index contributed by atoms with van der Waals surface area (Å²) >= 11 is 3.35. The van der Waals surface area contributed by atoms with Gasteiger partial charge in [0.05, 0.1) is 83.8 Å². The summed E-state index contributed by atoms with van der Waals surface area (Å²) in [4.78, 5) is 47.9. The molecule has 0 radical (unpaired) electrons. The highest BCUT2D eigenvalue weighted by Crippen LogP contribution is 2.32. The number of ether oxygens (including phenoxy) is 3. The van der Waals surface area contributed by atoms with E-state index in [2.05, 4.69) is 73.5 Å². The molecule has 72 heavy (non-hydrogen) atoms. The molecule has 7 N–H and O–H groups in total. The molecule has 1 aliphatic rings. The summed E-state index contributed by atoms with van der Waals surface area (Å²) in [6.45, 7) is 12.4. The van der Waals surface area contributed by atoms with Gasteiger partial charge in [0.25, 0.3) is 11.8 Å².